The van der Waals surface area contributed by atoms with Gasteiger partial charge in [-0.05, 0) is 91.8 Å². The van der Waals surface area contributed by atoms with E-state index in [1.807, 2.05) is 17.0 Å². The van der Waals surface area contributed by atoms with Gasteiger partial charge in [-0.1, -0.05) is 6.07 Å². The molecule has 7 heterocycles. The Morgan fingerprint density at radius 2 is 1.65 bits per heavy atom. The quantitative estimate of drug-likeness (QED) is 0.261. The van der Waals surface area contributed by atoms with Gasteiger partial charge in [0.15, 0.2) is 5.82 Å². The number of hydrogen-bond acceptors (Lipinski definition) is 9. The summed E-state index contributed by atoms with van der Waals surface area (Å²) in [7, 11) is 1.77. The average molecular weight is 820 g/mol. The summed E-state index contributed by atoms with van der Waals surface area (Å²) in [6, 6.07) is 6.51. The van der Waals surface area contributed by atoms with Gasteiger partial charge in [-0.3, -0.25) is 48.5 Å². The average Bonchev–Trinajstić information content (AvgIpc) is 3.93. The second kappa shape index (κ2) is 14.7. The third-order valence-electron chi connectivity index (χ3n) is 13.8. The van der Waals surface area contributed by atoms with Crippen LogP contribution in [0, 0.1) is 0 Å². The SMILES string of the molecule is CC(=O)N1CCc2c(c(N3CCCc4cc(-c5cnn(C)c5)c(C(F)F)cc43)nn2C2CCC(N3CCc4ccc5c(c4C3)C(=O)N(C3CCC(=O)NC3=O)C5=O)CC2)C1. The summed E-state index contributed by atoms with van der Waals surface area (Å²) in [5.74, 6) is -1.26. The van der Waals surface area contributed by atoms with Crippen LogP contribution in [0.25, 0.3) is 11.1 Å². The maximum Gasteiger partial charge on any atom is 0.264 e. The third kappa shape index (κ3) is 6.32. The zero-order valence-electron chi connectivity index (χ0n) is 33.8. The van der Waals surface area contributed by atoms with E-state index >= 15 is 0 Å². The highest BCUT2D eigenvalue weighted by molar-refractivity contribution is 6.24. The number of nitrogens with zero attached hydrogens (tertiary/aromatic N) is 8. The molecule has 1 atom stereocenters. The van der Waals surface area contributed by atoms with Crippen LogP contribution >= 0.6 is 0 Å². The lowest BCUT2D eigenvalue weighted by atomic mass is 9.86. The van der Waals surface area contributed by atoms with Gasteiger partial charge in [0.1, 0.15) is 6.04 Å². The summed E-state index contributed by atoms with van der Waals surface area (Å²) in [5, 5.41) is 11.8. The zero-order valence-corrected chi connectivity index (χ0v) is 33.8. The summed E-state index contributed by atoms with van der Waals surface area (Å²) in [6.07, 6.45) is 7.38. The Morgan fingerprint density at radius 1 is 0.850 bits per heavy atom. The van der Waals surface area contributed by atoms with Gasteiger partial charge >= 0.3 is 0 Å². The molecular formula is C44H47F2N9O5. The van der Waals surface area contributed by atoms with Crippen LogP contribution < -0.4 is 10.2 Å². The van der Waals surface area contributed by atoms with Gasteiger partial charge in [-0.15, -0.1) is 0 Å². The van der Waals surface area contributed by atoms with Gasteiger partial charge in [0.05, 0.1) is 29.9 Å². The van der Waals surface area contributed by atoms with Crippen molar-refractivity contribution in [2.24, 2.45) is 7.05 Å². The monoisotopic (exact) mass is 819 g/mol. The molecule has 1 N–H and O–H groups in total. The lowest BCUT2D eigenvalue weighted by Gasteiger charge is -2.40. The lowest BCUT2D eigenvalue weighted by molar-refractivity contribution is -0.136. The molecule has 16 heteroatoms. The van der Waals surface area contributed by atoms with Crippen molar-refractivity contribution in [3.8, 4) is 11.1 Å². The highest BCUT2D eigenvalue weighted by Crippen LogP contribution is 2.45. The fourth-order valence-electron chi connectivity index (χ4n) is 10.7. The second-order valence-electron chi connectivity index (χ2n) is 17.2. The number of carbonyl (C=O) groups is 5. The Hall–Kier alpha value is -5.77. The van der Waals surface area contributed by atoms with Gasteiger partial charge in [0.25, 0.3) is 18.2 Å². The molecule has 1 saturated carbocycles. The lowest BCUT2D eigenvalue weighted by Crippen LogP contribution is -2.54. The summed E-state index contributed by atoms with van der Waals surface area (Å²) in [6.45, 7) is 4.55. The topological polar surface area (TPSA) is 146 Å². The number of piperidine rings is 1. The Kier molecular flexibility index (Phi) is 9.45. The number of aromatic nitrogens is 4. The zero-order chi connectivity index (χ0) is 41.6. The van der Waals surface area contributed by atoms with Gasteiger partial charge in [0, 0.05) is 93.3 Å². The number of imide groups is 2. The second-order valence-corrected chi connectivity index (χ2v) is 17.2. The van der Waals surface area contributed by atoms with Crippen LogP contribution in [0.15, 0.2) is 36.7 Å². The van der Waals surface area contributed by atoms with Crippen molar-refractivity contribution in [1.29, 1.82) is 0 Å². The molecular weight excluding hydrogens is 773 g/mol. The normalized spacial score (nSPS) is 23.1. The molecule has 1 saturated heterocycles. The fourth-order valence-corrected chi connectivity index (χ4v) is 10.7. The van der Waals surface area contributed by atoms with Gasteiger partial charge < -0.3 is 9.80 Å². The first kappa shape index (κ1) is 38.4. The number of hydrogen-bond donors (Lipinski definition) is 1. The first-order chi connectivity index (χ1) is 28.9. The van der Waals surface area contributed by atoms with Crippen molar-refractivity contribution >= 4 is 41.0 Å². The van der Waals surface area contributed by atoms with Crippen LogP contribution in [0.4, 0.5) is 20.3 Å². The van der Waals surface area contributed by atoms with Gasteiger partial charge in [-0.25, -0.2) is 8.78 Å². The molecule has 0 radical (unpaired) electrons. The Morgan fingerprint density at radius 3 is 2.38 bits per heavy atom. The molecule has 6 aliphatic rings. The molecule has 1 aliphatic carbocycles. The molecule has 2 fully saturated rings. The Balaban J connectivity index is 0.907. The molecule has 0 spiro atoms. The minimum absolute atomic E-state index is 0.0107. The van der Waals surface area contributed by atoms with Crippen molar-refractivity contribution in [2.75, 3.05) is 24.5 Å². The van der Waals surface area contributed by atoms with Crippen molar-refractivity contribution in [3.63, 3.8) is 0 Å². The number of rotatable bonds is 6. The maximum absolute atomic E-state index is 14.8. The number of carbonyl (C=O) groups excluding carboxylic acids is 5. The Labute approximate surface area is 345 Å². The molecule has 60 heavy (non-hydrogen) atoms. The van der Waals surface area contributed by atoms with Crippen molar-refractivity contribution in [2.45, 2.75) is 109 Å². The van der Waals surface area contributed by atoms with E-state index in [1.165, 1.54) is 0 Å². The molecule has 2 aromatic heterocycles. The minimum atomic E-state index is -2.69. The molecule has 14 nitrogen and oxygen atoms in total. The number of anilines is 2. The van der Waals surface area contributed by atoms with Crippen molar-refractivity contribution < 1.29 is 32.8 Å². The number of aryl methyl sites for hydroxylation is 2. The van der Waals surface area contributed by atoms with E-state index in [-0.39, 0.29) is 36.4 Å². The molecule has 2 aromatic carbocycles. The first-order valence-electron chi connectivity index (χ1n) is 21.1. The number of benzene rings is 2. The molecule has 5 aliphatic heterocycles. The third-order valence-corrected chi connectivity index (χ3v) is 13.8. The highest BCUT2D eigenvalue weighted by atomic mass is 19.3. The fraction of sp³-hybridized carbons (Fsp3) is 0.477. The minimum Gasteiger partial charge on any atom is -0.338 e. The van der Waals surface area contributed by atoms with E-state index in [9.17, 15) is 32.8 Å². The first-order valence-corrected chi connectivity index (χ1v) is 21.1. The van der Waals surface area contributed by atoms with Gasteiger partial charge in [0.2, 0.25) is 17.7 Å². The van der Waals surface area contributed by atoms with E-state index in [0.29, 0.717) is 54.9 Å². The summed E-state index contributed by atoms with van der Waals surface area (Å²) >= 11 is 0. The standard InChI is InChI=1S/C44H47F2N9O5/c1-24(56)51-17-14-35-34(23-51)41(53-15-3-4-26-18-31(27-20-47-50(2)21-27)32(40(45)46)19-37(26)53)49-55(35)29-8-6-28(7-9-29)52-16-13-25-5-10-30-39(33(25)22-52)44(60)54(43(30)59)36-11-12-38(57)48-42(36)58/h5,10,18-21,28-29,36,40H,3-4,6-9,11-17,22-23H2,1-2H3,(H,48,57,58). The Bertz CT molecular complexity index is 2490. The number of amides is 5. The summed E-state index contributed by atoms with van der Waals surface area (Å²) in [4.78, 5) is 72.1. The summed E-state index contributed by atoms with van der Waals surface area (Å²) < 4.78 is 33.3. The van der Waals surface area contributed by atoms with E-state index in [1.54, 1.807) is 43.2 Å². The number of alkyl halides is 2. The van der Waals surface area contributed by atoms with E-state index in [0.717, 1.165) is 95.8 Å². The van der Waals surface area contributed by atoms with Crippen LogP contribution in [-0.2, 0) is 53.8 Å². The predicted molar refractivity (Wildman–Crippen MR) is 214 cm³/mol. The molecule has 0 bridgehead atoms. The largest absolute Gasteiger partial charge is 0.338 e. The molecule has 5 amide bonds. The van der Waals surface area contributed by atoms with E-state index in [2.05, 4.69) is 24.9 Å². The van der Waals surface area contributed by atoms with Crippen molar-refractivity contribution in [1.82, 2.24) is 39.6 Å². The van der Waals surface area contributed by atoms with Crippen LogP contribution in [0.1, 0.15) is 119 Å². The predicted octanol–water partition coefficient (Wildman–Crippen LogP) is 5.15. The van der Waals surface area contributed by atoms with Crippen molar-refractivity contribution in [3.05, 3.63) is 81.3 Å². The molecule has 1 unspecified atom stereocenters. The van der Waals surface area contributed by atoms with Crippen LogP contribution in [-0.4, -0.2) is 95.5 Å². The molecule has 312 valence electrons. The molecule has 4 aromatic rings. The molecule has 10 rings (SSSR count). The summed E-state index contributed by atoms with van der Waals surface area (Å²) in [5.41, 5.74) is 7.47. The van der Waals surface area contributed by atoms with E-state index < -0.39 is 36.1 Å². The number of halogens is 2. The highest BCUT2D eigenvalue weighted by Gasteiger charge is 2.47. The number of fused-ring (bicyclic) bond motifs is 5. The van der Waals surface area contributed by atoms with Crippen LogP contribution in [0.5, 0.6) is 0 Å². The smallest absolute Gasteiger partial charge is 0.264 e. The van der Waals surface area contributed by atoms with Crippen LogP contribution in [0.3, 0.4) is 0 Å². The van der Waals surface area contributed by atoms with Crippen LogP contribution in [0.2, 0.25) is 0 Å². The maximum atomic E-state index is 14.8. The number of nitrogens with one attached hydrogen (secondary N) is 1. The van der Waals surface area contributed by atoms with E-state index in [4.69, 9.17) is 5.10 Å². The van der Waals surface area contributed by atoms with Gasteiger partial charge in [-0.2, -0.15) is 10.2 Å².